The number of para-hydroxylation sites is 1. The predicted octanol–water partition coefficient (Wildman–Crippen LogP) is 5.60. The number of fused-ring (bicyclic) bond motifs is 4. The number of nitrogens with zero attached hydrogens (tertiary/aromatic N) is 2. The summed E-state index contributed by atoms with van der Waals surface area (Å²) in [5, 5.41) is 18.4. The summed E-state index contributed by atoms with van der Waals surface area (Å²) in [5.41, 5.74) is 7.77. The van der Waals surface area contributed by atoms with Crippen molar-refractivity contribution in [1.29, 1.82) is 0 Å². The molecule has 3 aliphatic heterocycles. The van der Waals surface area contributed by atoms with Crippen molar-refractivity contribution >= 4 is 56.2 Å². The van der Waals surface area contributed by atoms with Gasteiger partial charge in [0.15, 0.2) is 5.13 Å². The Balaban J connectivity index is 1.30. The third kappa shape index (κ3) is 6.68. The first kappa shape index (κ1) is 38.5. The van der Waals surface area contributed by atoms with E-state index in [1.165, 1.54) is 11.3 Å². The first-order chi connectivity index (χ1) is 29.3. The number of cyclic esters (lactones) is 1. The Morgan fingerprint density at radius 3 is 2.33 bits per heavy atom. The van der Waals surface area contributed by atoms with Gasteiger partial charge in [0, 0.05) is 11.3 Å². The Bertz CT molecular complexity index is 2650. The number of amides is 4. The number of nitrogens with two attached hydrogens (primary N) is 1. The number of aromatic nitrogens is 1. The fourth-order valence-corrected chi connectivity index (χ4v) is 9.84. The van der Waals surface area contributed by atoms with Gasteiger partial charge in [0.1, 0.15) is 29.9 Å². The van der Waals surface area contributed by atoms with Gasteiger partial charge >= 0.3 is 12.0 Å². The molecule has 1 aromatic heterocycles. The summed E-state index contributed by atoms with van der Waals surface area (Å²) in [6, 6.07) is 35.3. The molecule has 6 aromatic rings. The molecule has 6 atom stereocenters. The summed E-state index contributed by atoms with van der Waals surface area (Å²) in [7, 11) is 0. The molecule has 0 unspecified atom stereocenters. The van der Waals surface area contributed by atoms with Gasteiger partial charge in [0.05, 0.1) is 41.4 Å². The zero-order valence-corrected chi connectivity index (χ0v) is 32.7. The van der Waals surface area contributed by atoms with Crippen molar-refractivity contribution < 1.29 is 33.8 Å². The molecule has 9 rings (SSSR count). The minimum Gasteiger partial charge on any atom is -0.491 e. The Labute approximate surface area is 348 Å². The largest absolute Gasteiger partial charge is 0.491 e. The summed E-state index contributed by atoms with van der Waals surface area (Å²) in [5.74, 6) is 3.31. The van der Waals surface area contributed by atoms with Gasteiger partial charge in [-0.15, -0.1) is 0 Å². The predicted molar refractivity (Wildman–Crippen MR) is 225 cm³/mol. The van der Waals surface area contributed by atoms with Crippen LogP contribution in [0.3, 0.4) is 0 Å². The van der Waals surface area contributed by atoms with Crippen LogP contribution in [-0.4, -0.2) is 64.6 Å². The van der Waals surface area contributed by atoms with Crippen molar-refractivity contribution in [1.82, 2.24) is 15.2 Å². The van der Waals surface area contributed by atoms with E-state index in [0.29, 0.717) is 38.8 Å². The number of nitrogens with one attached hydrogen (secondary N) is 3. The van der Waals surface area contributed by atoms with Crippen molar-refractivity contribution in [2.24, 2.45) is 11.7 Å². The molecule has 0 bridgehead atoms. The van der Waals surface area contributed by atoms with Crippen molar-refractivity contribution in [3.8, 4) is 17.6 Å². The van der Waals surface area contributed by atoms with Crippen LogP contribution in [0.4, 0.5) is 15.6 Å². The van der Waals surface area contributed by atoms with Crippen LogP contribution in [0.25, 0.3) is 10.2 Å². The number of esters is 1. The highest BCUT2D eigenvalue weighted by Gasteiger charge is 2.74. The average Bonchev–Trinajstić information content (AvgIpc) is 3.92. The Morgan fingerprint density at radius 1 is 0.900 bits per heavy atom. The second kappa shape index (κ2) is 16.0. The van der Waals surface area contributed by atoms with Gasteiger partial charge in [-0.3, -0.25) is 19.3 Å². The van der Waals surface area contributed by atoms with Crippen molar-refractivity contribution in [2.45, 2.75) is 29.6 Å². The van der Waals surface area contributed by atoms with Crippen LogP contribution in [-0.2, 0) is 24.5 Å². The van der Waals surface area contributed by atoms with Gasteiger partial charge in [-0.2, -0.15) is 0 Å². The van der Waals surface area contributed by atoms with Gasteiger partial charge in [-0.05, 0) is 64.7 Å². The maximum atomic E-state index is 15.4. The minimum atomic E-state index is -1.77. The summed E-state index contributed by atoms with van der Waals surface area (Å²) in [6.07, 6.45) is -0.839. The number of thiazole rings is 1. The number of aliphatic hydroxyl groups excluding tert-OH is 1. The van der Waals surface area contributed by atoms with E-state index in [1.807, 2.05) is 102 Å². The number of carbonyl (C=O) groups is 4. The first-order valence-electron chi connectivity index (χ1n) is 19.3. The number of anilines is 2. The molecule has 5 aromatic carbocycles. The highest BCUT2D eigenvalue weighted by molar-refractivity contribution is 7.22. The van der Waals surface area contributed by atoms with E-state index in [0.717, 1.165) is 15.8 Å². The lowest BCUT2D eigenvalue weighted by Crippen LogP contribution is -2.53. The molecule has 4 amide bonds. The number of hydrogen-bond acceptors (Lipinski definition) is 10. The van der Waals surface area contributed by atoms with Crippen molar-refractivity contribution in [3.63, 3.8) is 0 Å². The number of ether oxygens (including phenoxy) is 2. The monoisotopic (exact) mass is 818 g/mol. The highest BCUT2D eigenvalue weighted by atomic mass is 32.1. The molecule has 0 saturated carbocycles. The maximum Gasteiger partial charge on any atom is 0.324 e. The molecule has 4 heterocycles. The molecule has 13 nitrogen and oxygen atoms in total. The van der Waals surface area contributed by atoms with Gasteiger partial charge in [0.2, 0.25) is 11.8 Å². The number of primary amides is 1. The second-order valence-electron chi connectivity index (χ2n) is 14.6. The molecular formula is C46H38N6O7S. The van der Waals surface area contributed by atoms with E-state index in [4.69, 9.17) is 15.2 Å². The molecule has 60 heavy (non-hydrogen) atoms. The molecule has 14 heteroatoms. The van der Waals surface area contributed by atoms with Crippen LogP contribution < -0.4 is 26.4 Å². The zero-order valence-electron chi connectivity index (χ0n) is 31.9. The third-order valence-corrected chi connectivity index (χ3v) is 12.2. The zero-order chi connectivity index (χ0) is 41.4. The lowest BCUT2D eigenvalue weighted by molar-refractivity contribution is -0.177. The molecule has 2 saturated heterocycles. The van der Waals surface area contributed by atoms with E-state index in [1.54, 1.807) is 30.3 Å². The van der Waals surface area contributed by atoms with Crippen LogP contribution >= 0.6 is 11.3 Å². The minimum absolute atomic E-state index is 0.0173. The van der Waals surface area contributed by atoms with Crippen LogP contribution in [0.15, 0.2) is 127 Å². The number of hydrogen-bond donors (Lipinski definition) is 5. The van der Waals surface area contributed by atoms with Gasteiger partial charge in [0.25, 0.3) is 0 Å². The molecule has 300 valence electrons. The standard InChI is InChI=1S/C46H38N6O7S/c47-44(57)48-23-9-10-27-17-22-33-32(26-27)46(43(56)49-33)36(41(54)51-45-50-34-15-7-8-16-35(34)60-45)38-42(55)59-39(29-13-5-2-6-14-29)37(28-11-3-1-4-12-28)52(38)40(46)30-18-20-31(21-19-30)58-25-24-53/h1-8,11-22,26,36-40,53H,23-25H2,(H,49,56)(H3,47,48,57)(H,50,51,54)/t36-,37-,38-,39+,40+,46-/m0/s1. The van der Waals surface area contributed by atoms with Crippen LogP contribution in [0.2, 0.25) is 0 Å². The molecule has 3 aliphatic rings. The highest BCUT2D eigenvalue weighted by Crippen LogP contribution is 2.65. The average molecular weight is 819 g/mol. The van der Waals surface area contributed by atoms with Crippen molar-refractivity contribution in [2.75, 3.05) is 30.4 Å². The number of benzene rings is 5. The quantitative estimate of drug-likeness (QED) is 0.0916. The molecule has 1 spiro atoms. The SMILES string of the molecule is NC(=O)NCC#Cc1ccc2c(c1)[C@]1(C(=O)N2)[C@H](C(=O)Nc2nc3ccccc3s2)[C@H]2C(=O)O[C@H](c3ccccc3)[C@H](c3ccccc3)N2[C@@H]1c1ccc(OCCO)cc1. The van der Waals surface area contributed by atoms with Crippen molar-refractivity contribution in [3.05, 3.63) is 155 Å². The normalized spacial score (nSPS) is 22.9. The first-order valence-corrected chi connectivity index (χ1v) is 20.2. The summed E-state index contributed by atoms with van der Waals surface area (Å²) >= 11 is 1.29. The molecule has 2 fully saturated rings. The molecular weight excluding hydrogens is 781 g/mol. The van der Waals surface area contributed by atoms with Crippen LogP contribution in [0.5, 0.6) is 5.75 Å². The molecule has 6 N–H and O–H groups in total. The van der Waals surface area contributed by atoms with E-state index < -0.39 is 59.4 Å². The Kier molecular flexibility index (Phi) is 10.2. The Morgan fingerprint density at radius 2 is 1.62 bits per heavy atom. The van der Waals surface area contributed by atoms with Crippen LogP contribution in [0, 0.1) is 17.8 Å². The Hall–Kier alpha value is -7.05. The summed E-state index contributed by atoms with van der Waals surface area (Å²) in [4.78, 5) is 64.0. The summed E-state index contributed by atoms with van der Waals surface area (Å²) in [6.45, 7) is -0.127. The van der Waals surface area contributed by atoms with E-state index in [-0.39, 0.29) is 19.8 Å². The number of carbonyl (C=O) groups excluding carboxylic acids is 4. The smallest absolute Gasteiger partial charge is 0.324 e. The topological polar surface area (TPSA) is 185 Å². The number of morpholine rings is 1. The van der Waals surface area contributed by atoms with Crippen LogP contribution in [0.1, 0.15) is 46.0 Å². The number of rotatable bonds is 9. The lowest BCUT2D eigenvalue weighted by Gasteiger charge is -2.46. The lowest BCUT2D eigenvalue weighted by atomic mass is 9.65. The molecule has 0 aliphatic carbocycles. The second-order valence-corrected chi connectivity index (χ2v) is 15.6. The van der Waals surface area contributed by atoms with Gasteiger partial charge < -0.3 is 36.3 Å². The fraction of sp³-hybridized carbons (Fsp3) is 0.196. The third-order valence-electron chi connectivity index (χ3n) is 11.3. The van der Waals surface area contributed by atoms with E-state index >= 15 is 14.4 Å². The fourth-order valence-electron chi connectivity index (χ4n) is 8.97. The van der Waals surface area contributed by atoms with Gasteiger partial charge in [-0.1, -0.05) is 108 Å². The maximum absolute atomic E-state index is 15.4. The number of aliphatic hydroxyl groups is 1. The molecule has 0 radical (unpaired) electrons. The number of urea groups is 1. The van der Waals surface area contributed by atoms with E-state index in [2.05, 4.69) is 32.8 Å². The van der Waals surface area contributed by atoms with E-state index in [9.17, 15) is 9.90 Å². The summed E-state index contributed by atoms with van der Waals surface area (Å²) < 4.78 is 13.1. The van der Waals surface area contributed by atoms with Gasteiger partial charge in [-0.25, -0.2) is 9.78 Å².